The van der Waals surface area contributed by atoms with E-state index >= 15 is 0 Å². The molecule has 0 fully saturated rings. The molecule has 0 unspecified atom stereocenters. The molecule has 0 amide bonds. The summed E-state index contributed by atoms with van der Waals surface area (Å²) < 4.78 is 3.33. The normalized spacial score (nSPS) is 10.6. The van der Waals surface area contributed by atoms with Crippen molar-refractivity contribution in [1.29, 1.82) is 0 Å². The Kier molecular flexibility index (Phi) is 2.19. The number of hydrogen-bond acceptors (Lipinski definition) is 2. The van der Waals surface area contributed by atoms with Gasteiger partial charge in [0, 0.05) is 43.7 Å². The monoisotopic (exact) mass is 203 g/mol. The Bertz CT molecular complexity index is 551. The Morgan fingerprint density at radius 1 is 1.27 bits per heavy atom. The molecular weight excluding hydrogens is 190 g/mol. The van der Waals surface area contributed by atoms with Crippen LogP contribution in [0, 0.1) is 6.92 Å². The minimum Gasteiger partial charge on any atom is -0.318 e. The average molecular weight is 203 g/mol. The molecule has 0 aliphatic carbocycles. The number of aromatic nitrogens is 3. The van der Waals surface area contributed by atoms with Crippen LogP contribution in [0.4, 0.5) is 0 Å². The molecule has 0 saturated carbocycles. The lowest BCUT2D eigenvalue weighted by molar-refractivity contribution is 0.768. The third kappa shape index (κ3) is 1.70. The van der Waals surface area contributed by atoms with Crippen LogP contribution in [0.15, 0.2) is 29.5 Å². The molecule has 0 N–H and O–H groups in total. The first-order valence-corrected chi connectivity index (χ1v) is 4.74. The molecule has 2 aromatic rings. The van der Waals surface area contributed by atoms with Crippen LogP contribution < -0.4 is 5.56 Å². The van der Waals surface area contributed by atoms with Crippen LogP contribution in [0.2, 0.25) is 0 Å². The van der Waals surface area contributed by atoms with E-state index in [4.69, 9.17) is 0 Å². The lowest BCUT2D eigenvalue weighted by Crippen LogP contribution is -2.15. The van der Waals surface area contributed by atoms with Crippen molar-refractivity contribution in [3.63, 3.8) is 0 Å². The van der Waals surface area contributed by atoms with Crippen LogP contribution in [0.5, 0.6) is 0 Å². The lowest BCUT2D eigenvalue weighted by Gasteiger charge is -2.05. The summed E-state index contributed by atoms with van der Waals surface area (Å²) in [6.45, 7) is 1.93. The molecule has 0 aromatic carbocycles. The lowest BCUT2D eigenvalue weighted by atomic mass is 10.1. The maximum absolute atomic E-state index is 11.4. The van der Waals surface area contributed by atoms with Crippen molar-refractivity contribution in [3.8, 4) is 11.1 Å². The standard InChI is InChI=1S/C11H13N3O/c1-8-4-11(15)13(2)7-10(8)9-5-12-14(3)6-9/h4-7H,1-3H3. The quantitative estimate of drug-likeness (QED) is 0.696. The van der Waals surface area contributed by atoms with E-state index in [0.717, 1.165) is 16.7 Å². The van der Waals surface area contributed by atoms with Crippen LogP contribution in [0.3, 0.4) is 0 Å². The van der Waals surface area contributed by atoms with Gasteiger partial charge in [0.2, 0.25) is 0 Å². The molecule has 4 heteroatoms. The van der Waals surface area contributed by atoms with E-state index in [0.29, 0.717) is 0 Å². The molecule has 2 rings (SSSR count). The number of nitrogens with zero attached hydrogens (tertiary/aromatic N) is 3. The molecule has 0 radical (unpaired) electrons. The molecule has 4 nitrogen and oxygen atoms in total. The summed E-state index contributed by atoms with van der Waals surface area (Å²) in [5.74, 6) is 0. The Morgan fingerprint density at radius 3 is 2.60 bits per heavy atom. The zero-order chi connectivity index (χ0) is 11.0. The molecule has 0 atom stereocenters. The molecular formula is C11H13N3O. The minimum absolute atomic E-state index is 0.0140. The summed E-state index contributed by atoms with van der Waals surface area (Å²) in [6, 6.07) is 1.64. The third-order valence-electron chi connectivity index (χ3n) is 2.45. The van der Waals surface area contributed by atoms with Crippen molar-refractivity contribution >= 4 is 0 Å². The third-order valence-corrected chi connectivity index (χ3v) is 2.45. The fraction of sp³-hybridized carbons (Fsp3) is 0.273. The highest BCUT2D eigenvalue weighted by Gasteiger charge is 2.05. The van der Waals surface area contributed by atoms with Crippen LogP contribution in [-0.4, -0.2) is 14.3 Å². The van der Waals surface area contributed by atoms with Crippen molar-refractivity contribution in [1.82, 2.24) is 14.3 Å². The fourth-order valence-corrected chi connectivity index (χ4v) is 1.59. The second-order valence-corrected chi connectivity index (χ2v) is 3.72. The van der Waals surface area contributed by atoms with E-state index in [-0.39, 0.29) is 5.56 Å². The zero-order valence-electron chi connectivity index (χ0n) is 9.06. The second-order valence-electron chi connectivity index (χ2n) is 3.72. The van der Waals surface area contributed by atoms with Gasteiger partial charge in [0.15, 0.2) is 0 Å². The molecule has 0 saturated heterocycles. The second kappa shape index (κ2) is 3.38. The van der Waals surface area contributed by atoms with Crippen molar-refractivity contribution in [2.24, 2.45) is 14.1 Å². The van der Waals surface area contributed by atoms with Gasteiger partial charge in [0.25, 0.3) is 5.56 Å². The van der Waals surface area contributed by atoms with E-state index in [1.807, 2.05) is 26.4 Å². The summed E-state index contributed by atoms with van der Waals surface area (Å²) in [4.78, 5) is 11.4. The smallest absolute Gasteiger partial charge is 0.250 e. The first kappa shape index (κ1) is 9.71. The molecule has 2 aromatic heterocycles. The summed E-state index contributed by atoms with van der Waals surface area (Å²) in [6.07, 6.45) is 5.58. The van der Waals surface area contributed by atoms with E-state index in [2.05, 4.69) is 5.10 Å². The molecule has 0 aliphatic rings. The van der Waals surface area contributed by atoms with E-state index in [9.17, 15) is 4.79 Å². The van der Waals surface area contributed by atoms with Gasteiger partial charge in [0.1, 0.15) is 0 Å². The Morgan fingerprint density at radius 2 is 2.00 bits per heavy atom. The first-order chi connectivity index (χ1) is 7.08. The van der Waals surface area contributed by atoms with Gasteiger partial charge in [-0.25, -0.2) is 0 Å². The average Bonchev–Trinajstić information content (AvgIpc) is 2.58. The van der Waals surface area contributed by atoms with E-state index in [1.165, 1.54) is 0 Å². The maximum Gasteiger partial charge on any atom is 0.250 e. The predicted molar refractivity (Wildman–Crippen MR) is 58.6 cm³/mol. The van der Waals surface area contributed by atoms with Gasteiger partial charge in [-0.15, -0.1) is 0 Å². The van der Waals surface area contributed by atoms with Gasteiger partial charge in [-0.3, -0.25) is 9.48 Å². The zero-order valence-corrected chi connectivity index (χ0v) is 9.06. The summed E-state index contributed by atoms with van der Waals surface area (Å²) in [5, 5.41) is 4.12. The SMILES string of the molecule is Cc1cc(=O)n(C)cc1-c1cnn(C)c1. The topological polar surface area (TPSA) is 39.8 Å². The summed E-state index contributed by atoms with van der Waals surface area (Å²) >= 11 is 0. The van der Waals surface area contributed by atoms with Crippen LogP contribution in [0.1, 0.15) is 5.56 Å². The largest absolute Gasteiger partial charge is 0.318 e. The highest BCUT2D eigenvalue weighted by atomic mass is 16.1. The summed E-state index contributed by atoms with van der Waals surface area (Å²) in [5.41, 5.74) is 3.07. The van der Waals surface area contributed by atoms with Crippen molar-refractivity contribution in [2.75, 3.05) is 0 Å². The Hall–Kier alpha value is -1.84. The summed E-state index contributed by atoms with van der Waals surface area (Å²) in [7, 11) is 3.63. The van der Waals surface area contributed by atoms with Crippen LogP contribution in [0.25, 0.3) is 11.1 Å². The number of aryl methyl sites for hydroxylation is 3. The van der Waals surface area contributed by atoms with Gasteiger partial charge in [-0.2, -0.15) is 5.10 Å². The number of pyridine rings is 1. The molecule has 78 valence electrons. The maximum atomic E-state index is 11.4. The van der Waals surface area contributed by atoms with Crippen molar-refractivity contribution < 1.29 is 0 Å². The number of rotatable bonds is 1. The molecule has 2 heterocycles. The highest BCUT2D eigenvalue weighted by Crippen LogP contribution is 2.20. The van der Waals surface area contributed by atoms with Gasteiger partial charge >= 0.3 is 0 Å². The molecule has 0 aliphatic heterocycles. The van der Waals surface area contributed by atoms with Gasteiger partial charge < -0.3 is 4.57 Å². The molecule has 0 spiro atoms. The van der Waals surface area contributed by atoms with Crippen molar-refractivity contribution in [2.45, 2.75) is 6.92 Å². The van der Waals surface area contributed by atoms with Crippen molar-refractivity contribution in [3.05, 3.63) is 40.6 Å². The van der Waals surface area contributed by atoms with Crippen LogP contribution >= 0.6 is 0 Å². The highest BCUT2D eigenvalue weighted by molar-refractivity contribution is 5.64. The first-order valence-electron chi connectivity index (χ1n) is 4.74. The number of hydrogen-bond donors (Lipinski definition) is 0. The predicted octanol–water partition coefficient (Wildman–Crippen LogP) is 1.09. The van der Waals surface area contributed by atoms with E-state index < -0.39 is 0 Å². The van der Waals surface area contributed by atoms with Crippen LogP contribution in [-0.2, 0) is 14.1 Å². The van der Waals surface area contributed by atoms with Gasteiger partial charge in [-0.05, 0) is 12.5 Å². The molecule has 0 bridgehead atoms. The Balaban J connectivity index is 2.63. The minimum atomic E-state index is 0.0140. The Labute approximate surface area is 87.8 Å². The van der Waals surface area contributed by atoms with E-state index in [1.54, 1.807) is 28.6 Å². The van der Waals surface area contributed by atoms with Gasteiger partial charge in [-0.1, -0.05) is 0 Å². The van der Waals surface area contributed by atoms with Gasteiger partial charge in [0.05, 0.1) is 6.20 Å². The fourth-order valence-electron chi connectivity index (χ4n) is 1.59. The molecule has 15 heavy (non-hydrogen) atoms.